The number of fused-ring (bicyclic) bond motifs is 1. The minimum atomic E-state index is 0.319. The lowest BCUT2D eigenvalue weighted by molar-refractivity contribution is 0.415. The zero-order chi connectivity index (χ0) is 19.0. The lowest BCUT2D eigenvalue weighted by Crippen LogP contribution is -2.06. The second-order valence-electron chi connectivity index (χ2n) is 5.86. The van der Waals surface area contributed by atoms with Crippen LogP contribution >= 0.6 is 23.2 Å². The van der Waals surface area contributed by atoms with E-state index in [1.807, 2.05) is 47.9 Å². The van der Waals surface area contributed by atoms with E-state index in [1.165, 1.54) is 0 Å². The number of nitrogens with zero attached hydrogens (tertiary/aromatic N) is 4. The van der Waals surface area contributed by atoms with Gasteiger partial charge in [0.25, 0.3) is 0 Å². The highest BCUT2D eigenvalue weighted by Gasteiger charge is 2.14. The summed E-state index contributed by atoms with van der Waals surface area (Å²) in [6, 6.07) is 14.7. The van der Waals surface area contributed by atoms with Crippen LogP contribution in [-0.2, 0) is 0 Å². The Balaban J connectivity index is 1.76. The molecule has 2 heterocycles. The van der Waals surface area contributed by atoms with Gasteiger partial charge in [-0.3, -0.25) is 4.57 Å². The van der Waals surface area contributed by atoms with Gasteiger partial charge in [-0.25, -0.2) is 9.97 Å². The van der Waals surface area contributed by atoms with Gasteiger partial charge in [-0.2, -0.15) is 4.98 Å². The zero-order valence-corrected chi connectivity index (χ0v) is 16.1. The third-order valence-corrected chi connectivity index (χ3v) is 4.46. The van der Waals surface area contributed by atoms with Gasteiger partial charge in [-0.05, 0) is 49.4 Å². The van der Waals surface area contributed by atoms with Crippen LogP contribution in [0.2, 0.25) is 10.2 Å². The lowest BCUT2D eigenvalue weighted by Gasteiger charge is -2.10. The normalized spacial score (nSPS) is 11.0. The van der Waals surface area contributed by atoms with E-state index in [0.29, 0.717) is 21.9 Å². The summed E-state index contributed by atoms with van der Waals surface area (Å²) in [7, 11) is 1.63. The van der Waals surface area contributed by atoms with Gasteiger partial charge in [-0.15, -0.1) is 0 Å². The largest absolute Gasteiger partial charge is 0.497 e. The summed E-state index contributed by atoms with van der Waals surface area (Å²) in [4.78, 5) is 13.5. The van der Waals surface area contributed by atoms with E-state index in [-0.39, 0.29) is 0 Å². The molecule has 4 rings (SSSR count). The Labute approximate surface area is 165 Å². The highest BCUT2D eigenvalue weighted by Crippen LogP contribution is 2.25. The average Bonchev–Trinajstić information content (AvgIpc) is 2.97. The molecule has 0 aliphatic rings. The Morgan fingerprint density at radius 2 is 1.74 bits per heavy atom. The van der Waals surface area contributed by atoms with Crippen molar-refractivity contribution in [3.63, 3.8) is 0 Å². The molecule has 0 aliphatic carbocycles. The molecule has 0 saturated heterocycles. The third-order valence-electron chi connectivity index (χ3n) is 4.03. The summed E-state index contributed by atoms with van der Waals surface area (Å²) >= 11 is 12.4. The molecule has 0 radical (unpaired) electrons. The Hall–Kier alpha value is -2.83. The Bertz CT molecular complexity index is 1130. The van der Waals surface area contributed by atoms with Crippen molar-refractivity contribution in [2.75, 3.05) is 12.4 Å². The molecule has 0 bridgehead atoms. The standard InChI is InChI=1S/C19H15Cl2N5O/c1-11-22-15-8-3-12(20)9-16(15)26(11)19-24-17(21)10-18(25-19)23-13-4-6-14(27-2)7-5-13/h3-10H,1-2H3,(H,23,24,25). The molecule has 0 atom stereocenters. The number of hydrogen-bond acceptors (Lipinski definition) is 5. The first-order chi connectivity index (χ1) is 13.0. The summed E-state index contributed by atoms with van der Waals surface area (Å²) in [5.74, 6) is 2.50. The van der Waals surface area contributed by atoms with Crippen molar-refractivity contribution in [2.45, 2.75) is 6.92 Å². The van der Waals surface area contributed by atoms with Gasteiger partial charge in [0.05, 0.1) is 18.1 Å². The molecule has 27 heavy (non-hydrogen) atoms. The number of aromatic nitrogens is 4. The minimum Gasteiger partial charge on any atom is -0.497 e. The Kier molecular flexibility index (Phi) is 4.59. The van der Waals surface area contributed by atoms with Crippen molar-refractivity contribution in [3.05, 3.63) is 64.5 Å². The van der Waals surface area contributed by atoms with Crippen LogP contribution in [0.15, 0.2) is 48.5 Å². The van der Waals surface area contributed by atoms with Gasteiger partial charge in [0.2, 0.25) is 5.95 Å². The molecular weight excluding hydrogens is 385 g/mol. The number of benzene rings is 2. The number of ether oxygens (including phenoxy) is 1. The summed E-state index contributed by atoms with van der Waals surface area (Å²) in [5, 5.41) is 4.16. The second kappa shape index (κ2) is 7.06. The molecule has 1 N–H and O–H groups in total. The van der Waals surface area contributed by atoms with E-state index >= 15 is 0 Å². The lowest BCUT2D eigenvalue weighted by atomic mass is 10.3. The van der Waals surface area contributed by atoms with Crippen LogP contribution in [-0.4, -0.2) is 26.6 Å². The van der Waals surface area contributed by atoms with Crippen molar-refractivity contribution in [1.82, 2.24) is 19.5 Å². The maximum Gasteiger partial charge on any atom is 0.239 e. The maximum atomic E-state index is 6.24. The molecule has 2 aromatic heterocycles. The molecule has 0 unspecified atom stereocenters. The first kappa shape index (κ1) is 17.6. The Morgan fingerprint density at radius 1 is 0.963 bits per heavy atom. The number of anilines is 2. The fraction of sp³-hybridized carbons (Fsp3) is 0.105. The summed E-state index contributed by atoms with van der Waals surface area (Å²) in [5.41, 5.74) is 2.48. The fourth-order valence-electron chi connectivity index (χ4n) is 2.81. The number of aryl methyl sites for hydroxylation is 1. The molecule has 6 nitrogen and oxygen atoms in total. The Morgan fingerprint density at radius 3 is 2.48 bits per heavy atom. The van der Waals surface area contributed by atoms with E-state index < -0.39 is 0 Å². The second-order valence-corrected chi connectivity index (χ2v) is 6.68. The van der Waals surface area contributed by atoms with Crippen LogP contribution in [0.5, 0.6) is 5.75 Å². The average molecular weight is 400 g/mol. The molecular formula is C19H15Cl2N5O. The number of nitrogens with one attached hydrogen (secondary N) is 1. The van der Waals surface area contributed by atoms with E-state index in [0.717, 1.165) is 28.3 Å². The van der Waals surface area contributed by atoms with E-state index in [9.17, 15) is 0 Å². The van der Waals surface area contributed by atoms with Crippen LogP contribution in [0.25, 0.3) is 17.0 Å². The smallest absolute Gasteiger partial charge is 0.239 e. The first-order valence-electron chi connectivity index (χ1n) is 8.14. The van der Waals surface area contributed by atoms with Crippen molar-refractivity contribution in [3.8, 4) is 11.7 Å². The highest BCUT2D eigenvalue weighted by atomic mass is 35.5. The monoisotopic (exact) mass is 399 g/mol. The number of rotatable bonds is 4. The molecule has 8 heteroatoms. The molecule has 0 spiro atoms. The minimum absolute atomic E-state index is 0.319. The molecule has 0 fully saturated rings. The van der Waals surface area contributed by atoms with Gasteiger partial charge in [0, 0.05) is 16.8 Å². The topological polar surface area (TPSA) is 64.9 Å². The van der Waals surface area contributed by atoms with Gasteiger partial charge in [0.15, 0.2) is 0 Å². The number of imidazole rings is 1. The first-order valence-corrected chi connectivity index (χ1v) is 8.90. The molecule has 0 saturated carbocycles. The quantitative estimate of drug-likeness (QED) is 0.478. The molecule has 136 valence electrons. The van der Waals surface area contributed by atoms with Crippen LogP contribution < -0.4 is 10.1 Å². The molecule has 0 amide bonds. The van der Waals surface area contributed by atoms with Gasteiger partial charge in [0.1, 0.15) is 22.5 Å². The van der Waals surface area contributed by atoms with Crippen LogP contribution in [0.4, 0.5) is 11.5 Å². The van der Waals surface area contributed by atoms with Gasteiger partial charge in [-0.1, -0.05) is 23.2 Å². The van der Waals surface area contributed by atoms with Crippen molar-refractivity contribution in [1.29, 1.82) is 0 Å². The SMILES string of the molecule is COc1ccc(Nc2cc(Cl)nc(-n3c(C)nc4ccc(Cl)cc43)n2)cc1. The van der Waals surface area contributed by atoms with Crippen LogP contribution in [0.3, 0.4) is 0 Å². The van der Waals surface area contributed by atoms with Crippen molar-refractivity contribution < 1.29 is 4.74 Å². The third kappa shape index (κ3) is 3.54. The maximum absolute atomic E-state index is 6.24. The van der Waals surface area contributed by atoms with Gasteiger partial charge < -0.3 is 10.1 Å². The van der Waals surface area contributed by atoms with Crippen molar-refractivity contribution >= 4 is 45.7 Å². The molecule has 4 aromatic rings. The predicted octanol–water partition coefficient (Wildman–Crippen LogP) is 5.18. The van der Waals surface area contributed by atoms with E-state index in [1.54, 1.807) is 19.2 Å². The fourth-order valence-corrected chi connectivity index (χ4v) is 3.16. The summed E-state index contributed by atoms with van der Waals surface area (Å²) in [6.45, 7) is 1.88. The number of hydrogen-bond donors (Lipinski definition) is 1. The molecule has 0 aliphatic heterocycles. The molecule has 2 aromatic carbocycles. The van der Waals surface area contributed by atoms with Gasteiger partial charge >= 0.3 is 0 Å². The number of methoxy groups -OCH3 is 1. The highest BCUT2D eigenvalue weighted by molar-refractivity contribution is 6.31. The summed E-state index contributed by atoms with van der Waals surface area (Å²) < 4.78 is 7.00. The zero-order valence-electron chi connectivity index (χ0n) is 14.6. The summed E-state index contributed by atoms with van der Waals surface area (Å²) in [6.07, 6.45) is 0. The van der Waals surface area contributed by atoms with E-state index in [2.05, 4.69) is 20.3 Å². The van der Waals surface area contributed by atoms with Crippen LogP contribution in [0, 0.1) is 6.92 Å². The van der Waals surface area contributed by atoms with E-state index in [4.69, 9.17) is 27.9 Å². The predicted molar refractivity (Wildman–Crippen MR) is 108 cm³/mol. The van der Waals surface area contributed by atoms with Crippen molar-refractivity contribution in [2.24, 2.45) is 0 Å². The number of halogens is 2. The van der Waals surface area contributed by atoms with Crippen LogP contribution in [0.1, 0.15) is 5.82 Å².